The Morgan fingerprint density at radius 2 is 1.56 bits per heavy atom. The summed E-state index contributed by atoms with van der Waals surface area (Å²) in [4.78, 5) is 47.6. The summed E-state index contributed by atoms with van der Waals surface area (Å²) < 4.78 is 24.4. The number of para-hydroxylation sites is 2. The number of amides is 2. The van der Waals surface area contributed by atoms with Gasteiger partial charge in [0.2, 0.25) is 5.91 Å². The highest BCUT2D eigenvalue weighted by atomic mass is 19.1. The molecule has 8 nitrogen and oxygen atoms in total. The van der Waals surface area contributed by atoms with Crippen LogP contribution in [0.3, 0.4) is 0 Å². The molecule has 0 unspecified atom stereocenters. The van der Waals surface area contributed by atoms with Gasteiger partial charge in [-0.3, -0.25) is 14.4 Å². The molecule has 0 N–H and O–H groups in total. The molecule has 2 aliphatic rings. The number of anilines is 2. The van der Waals surface area contributed by atoms with Crippen LogP contribution < -0.4 is 19.4 Å². The molecule has 9 heteroatoms. The van der Waals surface area contributed by atoms with Crippen LogP contribution in [0.4, 0.5) is 15.8 Å². The van der Waals surface area contributed by atoms with E-state index in [0.717, 1.165) is 5.56 Å². The van der Waals surface area contributed by atoms with E-state index in [1.165, 1.54) is 36.3 Å². The van der Waals surface area contributed by atoms with E-state index in [2.05, 4.69) is 0 Å². The van der Waals surface area contributed by atoms with E-state index < -0.39 is 35.8 Å². The number of carbonyl (C=O) groups excluding carboxylic acids is 3. The largest absolute Gasteiger partial charge is 0.493 e. The summed E-state index contributed by atoms with van der Waals surface area (Å²) >= 11 is 0. The Labute approximate surface area is 235 Å². The van der Waals surface area contributed by atoms with Crippen LogP contribution in [-0.2, 0) is 14.4 Å². The highest BCUT2D eigenvalue weighted by Gasteiger charge is 2.60. The van der Waals surface area contributed by atoms with Gasteiger partial charge in [0.1, 0.15) is 11.7 Å². The minimum Gasteiger partial charge on any atom is -0.493 e. The number of rotatable bonds is 6. The van der Waals surface area contributed by atoms with E-state index in [1.807, 2.05) is 49.4 Å². The first kappa shape index (κ1) is 26.2. The van der Waals surface area contributed by atoms with Crippen molar-refractivity contribution in [3.05, 3.63) is 120 Å². The molecule has 0 radical (unpaired) electrons. The van der Waals surface area contributed by atoms with Gasteiger partial charge in [0.15, 0.2) is 17.6 Å². The zero-order valence-electron chi connectivity index (χ0n) is 22.2. The number of aryl methyl sites for hydroxylation is 1. The molecular weight excluding hydrogens is 527 g/mol. The fourth-order valence-electron chi connectivity index (χ4n) is 5.30. The van der Waals surface area contributed by atoms with E-state index in [1.54, 1.807) is 35.4 Å². The quantitative estimate of drug-likeness (QED) is 0.180. The van der Waals surface area contributed by atoms with Gasteiger partial charge in [0.05, 0.1) is 30.1 Å². The molecule has 0 spiro atoms. The maximum atomic E-state index is 13.9. The molecule has 2 fully saturated rings. The van der Waals surface area contributed by atoms with Crippen LogP contribution >= 0.6 is 0 Å². The molecule has 0 bridgehead atoms. The molecule has 2 saturated heterocycles. The number of nitrogens with zero attached hydrogens (tertiary/aromatic N) is 2. The Hall–Kier alpha value is -5.02. The number of benzene rings is 4. The first-order valence-electron chi connectivity index (χ1n) is 13.0. The van der Waals surface area contributed by atoms with Gasteiger partial charge in [-0.2, -0.15) is 0 Å². The molecule has 3 atom stereocenters. The monoisotopic (exact) mass is 552 g/mol. The summed E-state index contributed by atoms with van der Waals surface area (Å²) in [7, 11) is 1.43. The van der Waals surface area contributed by atoms with Crippen molar-refractivity contribution in [1.29, 1.82) is 0 Å². The van der Waals surface area contributed by atoms with Crippen molar-refractivity contribution in [1.82, 2.24) is 0 Å². The minimum absolute atomic E-state index is 0.141. The number of imide groups is 1. The van der Waals surface area contributed by atoms with E-state index in [0.29, 0.717) is 16.9 Å². The second-order valence-corrected chi connectivity index (χ2v) is 9.76. The first-order valence-corrected chi connectivity index (χ1v) is 13.0. The number of hydrogen-bond donors (Lipinski definition) is 0. The van der Waals surface area contributed by atoms with Crippen LogP contribution in [-0.4, -0.2) is 31.0 Å². The second kappa shape index (κ2) is 10.5. The highest BCUT2D eigenvalue weighted by molar-refractivity contribution is 6.24. The molecule has 0 aromatic heterocycles. The summed E-state index contributed by atoms with van der Waals surface area (Å²) in [6, 6.07) is 25.6. The first-order chi connectivity index (χ1) is 19.9. The normalized spacial score (nSPS) is 19.8. The number of hydrogen-bond acceptors (Lipinski definition) is 7. The molecular formula is C32H25FN2O6. The standard InChI is InChI=1S/C32H25FN2O6/c1-19-8-6-7-11-24(19)34-30(36)27-28(35(41-29(27)31(34)37)23-9-4-3-5-10-23)21-14-17-25(26(18-21)39-2)40-32(38)20-12-15-22(33)16-13-20/h3-18,27-29H,1-2H3/t27-,28+,29+/m0/s1. The van der Waals surface area contributed by atoms with Crippen LogP contribution in [0.1, 0.15) is 27.5 Å². The maximum absolute atomic E-state index is 13.9. The summed E-state index contributed by atoms with van der Waals surface area (Å²) in [5.41, 5.74) is 2.77. The molecule has 2 heterocycles. The van der Waals surface area contributed by atoms with Crippen molar-refractivity contribution >= 4 is 29.2 Å². The molecule has 206 valence electrons. The van der Waals surface area contributed by atoms with E-state index in [4.69, 9.17) is 14.3 Å². The van der Waals surface area contributed by atoms with Gasteiger partial charge in [-0.1, -0.05) is 42.5 Å². The average molecular weight is 553 g/mol. The molecule has 4 aromatic rings. The fraction of sp³-hybridized carbons (Fsp3) is 0.156. The van der Waals surface area contributed by atoms with Crippen LogP contribution in [0.2, 0.25) is 0 Å². The molecule has 6 rings (SSSR count). The Bertz CT molecular complexity index is 1640. The average Bonchev–Trinajstić information content (AvgIpc) is 3.50. The molecule has 41 heavy (non-hydrogen) atoms. The third-order valence-corrected chi connectivity index (χ3v) is 7.29. The predicted octanol–water partition coefficient (Wildman–Crippen LogP) is 5.41. The highest BCUT2D eigenvalue weighted by Crippen LogP contribution is 2.49. The van der Waals surface area contributed by atoms with Crippen LogP contribution in [0, 0.1) is 18.7 Å². The fourth-order valence-corrected chi connectivity index (χ4v) is 5.30. The van der Waals surface area contributed by atoms with Crippen LogP contribution in [0.15, 0.2) is 97.1 Å². The minimum atomic E-state index is -1.03. The number of ether oxygens (including phenoxy) is 2. The summed E-state index contributed by atoms with van der Waals surface area (Å²) in [6.45, 7) is 1.84. The summed E-state index contributed by atoms with van der Waals surface area (Å²) in [5.74, 6) is -2.43. The van der Waals surface area contributed by atoms with Crippen LogP contribution in [0.5, 0.6) is 11.5 Å². The number of halogens is 1. The van der Waals surface area contributed by atoms with Crippen molar-refractivity contribution in [3.63, 3.8) is 0 Å². The summed E-state index contributed by atoms with van der Waals surface area (Å²) in [6.07, 6.45) is -1.03. The lowest BCUT2D eigenvalue weighted by molar-refractivity contribution is -0.126. The summed E-state index contributed by atoms with van der Waals surface area (Å²) in [5, 5.41) is 1.58. The smallest absolute Gasteiger partial charge is 0.343 e. The van der Waals surface area contributed by atoms with Gasteiger partial charge in [-0.15, -0.1) is 0 Å². The van der Waals surface area contributed by atoms with Gasteiger partial charge in [0, 0.05) is 0 Å². The number of fused-ring (bicyclic) bond motifs is 1. The molecule has 0 aliphatic carbocycles. The van der Waals surface area contributed by atoms with E-state index in [-0.39, 0.29) is 23.0 Å². The Kier molecular flexibility index (Phi) is 6.72. The zero-order chi connectivity index (χ0) is 28.7. The lowest BCUT2D eigenvalue weighted by Crippen LogP contribution is -2.37. The number of hydroxylamine groups is 1. The Morgan fingerprint density at radius 3 is 2.27 bits per heavy atom. The van der Waals surface area contributed by atoms with Crippen molar-refractivity contribution in [2.24, 2.45) is 5.92 Å². The molecule has 2 amide bonds. The third kappa shape index (κ3) is 4.60. The van der Waals surface area contributed by atoms with Gasteiger partial charge in [-0.25, -0.2) is 19.1 Å². The van der Waals surface area contributed by atoms with Crippen molar-refractivity contribution in [3.8, 4) is 11.5 Å². The van der Waals surface area contributed by atoms with Crippen molar-refractivity contribution in [2.75, 3.05) is 17.1 Å². The topological polar surface area (TPSA) is 85.4 Å². The molecule has 0 saturated carbocycles. The zero-order valence-corrected chi connectivity index (χ0v) is 22.2. The SMILES string of the molecule is COc1cc([C@@H]2[C@@H]3C(=O)N(c4ccccc4C)C(=O)[C@@H]3ON2c2ccccc2)ccc1OC(=O)c1ccc(F)cc1. The van der Waals surface area contributed by atoms with Gasteiger partial charge < -0.3 is 9.47 Å². The van der Waals surface area contributed by atoms with E-state index >= 15 is 0 Å². The predicted molar refractivity (Wildman–Crippen MR) is 148 cm³/mol. The Morgan fingerprint density at radius 1 is 0.854 bits per heavy atom. The second-order valence-electron chi connectivity index (χ2n) is 9.76. The number of methoxy groups -OCH3 is 1. The van der Waals surface area contributed by atoms with Gasteiger partial charge >= 0.3 is 5.97 Å². The number of esters is 1. The van der Waals surface area contributed by atoms with Gasteiger partial charge in [-0.05, 0) is 72.6 Å². The van der Waals surface area contributed by atoms with Crippen molar-refractivity contribution in [2.45, 2.75) is 19.1 Å². The Balaban J connectivity index is 1.38. The van der Waals surface area contributed by atoms with Crippen LogP contribution in [0.25, 0.3) is 0 Å². The van der Waals surface area contributed by atoms with Crippen molar-refractivity contribution < 1.29 is 33.1 Å². The lowest BCUT2D eigenvalue weighted by atomic mass is 9.90. The third-order valence-electron chi connectivity index (χ3n) is 7.29. The maximum Gasteiger partial charge on any atom is 0.343 e. The lowest BCUT2D eigenvalue weighted by Gasteiger charge is -2.29. The molecule has 2 aliphatic heterocycles. The van der Waals surface area contributed by atoms with E-state index in [9.17, 15) is 18.8 Å². The molecule has 4 aromatic carbocycles. The number of carbonyl (C=O) groups is 3. The van der Waals surface area contributed by atoms with Gasteiger partial charge in [0.25, 0.3) is 5.91 Å².